The van der Waals surface area contributed by atoms with Crippen LogP contribution < -0.4 is 4.74 Å². The molecular formula is C22H32O3. The zero-order chi connectivity index (χ0) is 17.5. The number of benzene rings is 1. The Hall–Kier alpha value is -1.51. The van der Waals surface area contributed by atoms with Gasteiger partial charge in [-0.1, -0.05) is 38.5 Å². The molecule has 0 saturated heterocycles. The third kappa shape index (κ3) is 4.99. The highest BCUT2D eigenvalue weighted by molar-refractivity contribution is 5.89. The van der Waals surface area contributed by atoms with Crippen molar-refractivity contribution in [1.29, 1.82) is 0 Å². The number of esters is 1. The molecule has 0 aliphatic heterocycles. The lowest BCUT2D eigenvalue weighted by atomic mass is 9.75. The van der Waals surface area contributed by atoms with Crippen LogP contribution in [0.3, 0.4) is 0 Å². The highest BCUT2D eigenvalue weighted by Crippen LogP contribution is 2.38. The van der Waals surface area contributed by atoms with Crippen molar-refractivity contribution in [3.8, 4) is 5.75 Å². The molecular weight excluding hydrogens is 312 g/mol. The molecule has 0 bridgehead atoms. The second-order valence-electron chi connectivity index (χ2n) is 7.62. The van der Waals surface area contributed by atoms with Crippen molar-refractivity contribution in [2.24, 2.45) is 11.8 Å². The average molecular weight is 344 g/mol. The molecule has 1 aromatic rings. The third-order valence-corrected chi connectivity index (χ3v) is 5.87. The van der Waals surface area contributed by atoms with Crippen molar-refractivity contribution < 1.29 is 14.3 Å². The number of carbonyl (C=O) groups excluding carboxylic acids is 1. The van der Waals surface area contributed by atoms with Crippen LogP contribution in [0.15, 0.2) is 24.3 Å². The topological polar surface area (TPSA) is 35.5 Å². The molecule has 0 amide bonds. The van der Waals surface area contributed by atoms with E-state index in [4.69, 9.17) is 9.47 Å². The summed E-state index contributed by atoms with van der Waals surface area (Å²) in [6.45, 7) is 2.23. The van der Waals surface area contributed by atoms with Gasteiger partial charge in [-0.3, -0.25) is 0 Å². The molecule has 0 spiro atoms. The molecule has 0 N–H and O–H groups in total. The molecule has 1 aromatic carbocycles. The molecule has 0 atom stereocenters. The van der Waals surface area contributed by atoms with Gasteiger partial charge in [-0.2, -0.15) is 0 Å². The van der Waals surface area contributed by atoms with Gasteiger partial charge in [-0.15, -0.1) is 0 Å². The molecule has 138 valence electrons. The van der Waals surface area contributed by atoms with E-state index in [2.05, 4.69) is 0 Å². The van der Waals surface area contributed by atoms with Crippen LogP contribution in [0.25, 0.3) is 0 Å². The van der Waals surface area contributed by atoms with E-state index >= 15 is 0 Å². The number of hydrogen-bond acceptors (Lipinski definition) is 3. The number of carbonyl (C=O) groups is 1. The minimum atomic E-state index is -0.259. The SMILES string of the molecule is CCOC(=O)c1ccc(OC(C2CCCCC2)C2CCCCC2)cc1. The maximum Gasteiger partial charge on any atom is 0.338 e. The fraction of sp³-hybridized carbons (Fsp3) is 0.682. The van der Waals surface area contributed by atoms with Crippen LogP contribution in [0.2, 0.25) is 0 Å². The van der Waals surface area contributed by atoms with Crippen molar-refractivity contribution in [3.05, 3.63) is 29.8 Å². The Morgan fingerprint density at radius 3 is 1.92 bits per heavy atom. The molecule has 2 aliphatic rings. The van der Waals surface area contributed by atoms with Gasteiger partial charge in [0, 0.05) is 0 Å². The summed E-state index contributed by atoms with van der Waals surface area (Å²) in [5.41, 5.74) is 0.598. The lowest BCUT2D eigenvalue weighted by Crippen LogP contribution is -2.37. The first-order valence-corrected chi connectivity index (χ1v) is 10.2. The summed E-state index contributed by atoms with van der Waals surface area (Å²) in [4.78, 5) is 11.8. The Kier molecular flexibility index (Phi) is 6.77. The Labute approximate surface area is 152 Å². The highest BCUT2D eigenvalue weighted by atomic mass is 16.5. The quantitative estimate of drug-likeness (QED) is 0.614. The third-order valence-electron chi connectivity index (χ3n) is 5.87. The van der Waals surface area contributed by atoms with Crippen molar-refractivity contribution in [2.45, 2.75) is 77.2 Å². The molecule has 2 saturated carbocycles. The molecule has 3 heteroatoms. The van der Waals surface area contributed by atoms with Crippen LogP contribution >= 0.6 is 0 Å². The highest BCUT2D eigenvalue weighted by Gasteiger charge is 2.33. The van der Waals surface area contributed by atoms with Gasteiger partial charge in [0.25, 0.3) is 0 Å². The Morgan fingerprint density at radius 2 is 1.44 bits per heavy atom. The monoisotopic (exact) mass is 344 g/mol. The second kappa shape index (κ2) is 9.26. The van der Waals surface area contributed by atoms with Gasteiger partial charge >= 0.3 is 5.97 Å². The van der Waals surface area contributed by atoms with E-state index in [0.29, 0.717) is 30.1 Å². The summed E-state index contributed by atoms with van der Waals surface area (Å²) in [6.07, 6.45) is 13.7. The first-order valence-electron chi connectivity index (χ1n) is 10.2. The van der Waals surface area contributed by atoms with E-state index < -0.39 is 0 Å². The minimum absolute atomic E-state index is 0.259. The Balaban J connectivity index is 1.69. The van der Waals surface area contributed by atoms with Crippen molar-refractivity contribution in [2.75, 3.05) is 6.61 Å². The minimum Gasteiger partial charge on any atom is -0.490 e. The first-order chi connectivity index (χ1) is 12.3. The molecule has 0 heterocycles. The maximum atomic E-state index is 11.8. The van der Waals surface area contributed by atoms with Crippen LogP contribution in [0, 0.1) is 11.8 Å². The van der Waals surface area contributed by atoms with Gasteiger partial charge in [0.05, 0.1) is 12.2 Å². The first kappa shape index (κ1) is 18.3. The zero-order valence-corrected chi connectivity index (χ0v) is 15.5. The van der Waals surface area contributed by atoms with Gasteiger partial charge in [-0.05, 0) is 68.7 Å². The largest absolute Gasteiger partial charge is 0.490 e. The molecule has 0 radical (unpaired) electrons. The standard InChI is InChI=1S/C22H32O3/c1-2-24-22(23)19-13-15-20(16-14-19)25-21(17-9-5-3-6-10-17)18-11-7-4-8-12-18/h13-18,21H,2-12H2,1H3. The van der Waals surface area contributed by atoms with Crippen LogP contribution in [0.1, 0.15) is 81.5 Å². The number of ether oxygens (including phenoxy) is 2. The summed E-state index contributed by atoms with van der Waals surface area (Å²) in [5, 5.41) is 0. The van der Waals surface area contributed by atoms with Gasteiger partial charge < -0.3 is 9.47 Å². The predicted octanol–water partition coefficient (Wildman–Crippen LogP) is 5.77. The smallest absolute Gasteiger partial charge is 0.338 e. The van der Waals surface area contributed by atoms with E-state index in [1.54, 1.807) is 0 Å². The number of rotatable bonds is 6. The van der Waals surface area contributed by atoms with Crippen LogP contribution in [-0.4, -0.2) is 18.7 Å². The Morgan fingerprint density at radius 1 is 0.920 bits per heavy atom. The lowest BCUT2D eigenvalue weighted by Gasteiger charge is -2.37. The molecule has 0 aromatic heterocycles. The summed E-state index contributed by atoms with van der Waals surface area (Å²) in [6, 6.07) is 7.52. The molecule has 3 rings (SSSR count). The van der Waals surface area contributed by atoms with Gasteiger partial charge in [0.1, 0.15) is 11.9 Å². The van der Waals surface area contributed by atoms with E-state index in [9.17, 15) is 4.79 Å². The van der Waals surface area contributed by atoms with Crippen LogP contribution in [-0.2, 0) is 4.74 Å². The summed E-state index contributed by atoms with van der Waals surface area (Å²) in [7, 11) is 0. The summed E-state index contributed by atoms with van der Waals surface area (Å²) < 4.78 is 11.6. The maximum absolute atomic E-state index is 11.8. The van der Waals surface area contributed by atoms with Crippen molar-refractivity contribution in [3.63, 3.8) is 0 Å². The van der Waals surface area contributed by atoms with Crippen LogP contribution in [0.4, 0.5) is 0 Å². The van der Waals surface area contributed by atoms with E-state index in [-0.39, 0.29) is 5.97 Å². The predicted molar refractivity (Wildman–Crippen MR) is 100.0 cm³/mol. The molecule has 0 unspecified atom stereocenters. The van der Waals surface area contributed by atoms with Gasteiger partial charge in [0.2, 0.25) is 0 Å². The van der Waals surface area contributed by atoms with E-state index in [0.717, 1.165) is 5.75 Å². The fourth-order valence-electron chi connectivity index (χ4n) is 4.54. The molecule has 3 nitrogen and oxygen atoms in total. The normalized spacial score (nSPS) is 19.8. The second-order valence-corrected chi connectivity index (χ2v) is 7.62. The van der Waals surface area contributed by atoms with Crippen LogP contribution in [0.5, 0.6) is 5.75 Å². The lowest BCUT2D eigenvalue weighted by molar-refractivity contribution is 0.0389. The van der Waals surface area contributed by atoms with Crippen molar-refractivity contribution >= 4 is 5.97 Å². The molecule has 2 aliphatic carbocycles. The molecule has 2 fully saturated rings. The van der Waals surface area contributed by atoms with Gasteiger partial charge in [0.15, 0.2) is 0 Å². The van der Waals surface area contributed by atoms with Gasteiger partial charge in [-0.25, -0.2) is 4.79 Å². The van der Waals surface area contributed by atoms with E-state index in [1.807, 2.05) is 31.2 Å². The van der Waals surface area contributed by atoms with E-state index in [1.165, 1.54) is 64.2 Å². The van der Waals surface area contributed by atoms with Crippen molar-refractivity contribution in [1.82, 2.24) is 0 Å². The zero-order valence-electron chi connectivity index (χ0n) is 15.5. The average Bonchev–Trinajstić information content (AvgIpc) is 2.68. The summed E-state index contributed by atoms with van der Waals surface area (Å²) >= 11 is 0. The Bertz CT molecular complexity index is 507. The summed E-state index contributed by atoms with van der Waals surface area (Å²) in [5.74, 6) is 2.03. The number of hydrogen-bond donors (Lipinski definition) is 0. The fourth-order valence-corrected chi connectivity index (χ4v) is 4.54. The molecule has 25 heavy (non-hydrogen) atoms.